The number of hydrogen-bond donors (Lipinski definition) is 3. The Morgan fingerprint density at radius 1 is 0.854 bits per heavy atom. The minimum Gasteiger partial charge on any atom is -0.476 e. The number of aromatic nitrogens is 4. The van der Waals surface area contributed by atoms with E-state index in [-0.39, 0.29) is 27.4 Å². The summed E-state index contributed by atoms with van der Waals surface area (Å²) < 4.78 is 15.2. The van der Waals surface area contributed by atoms with Crippen molar-refractivity contribution in [2.24, 2.45) is 0 Å². The summed E-state index contributed by atoms with van der Waals surface area (Å²) in [5, 5.41) is 15.4. The third kappa shape index (κ3) is 7.14. The van der Waals surface area contributed by atoms with Gasteiger partial charge in [-0.15, -0.1) is 0 Å². The van der Waals surface area contributed by atoms with Crippen LogP contribution >= 0.6 is 23.2 Å². The average Bonchev–Trinajstić information content (AvgIpc) is 3.89. The molecular weight excluding hydrogens is 575 g/mol. The molecule has 0 spiro atoms. The molecule has 0 amide bonds. The molecular formula is C27H26Cl2N6O6. The van der Waals surface area contributed by atoms with Crippen LogP contribution in [-0.2, 0) is 17.8 Å². The molecule has 2 fully saturated rings. The highest BCUT2D eigenvalue weighted by Crippen LogP contribution is 2.40. The Labute approximate surface area is 244 Å². The van der Waals surface area contributed by atoms with Crippen LogP contribution < -0.4 is 10.6 Å². The zero-order chi connectivity index (χ0) is 28.9. The van der Waals surface area contributed by atoms with Gasteiger partial charge in [-0.25, -0.2) is 29.5 Å². The first-order valence-corrected chi connectivity index (χ1v) is 13.6. The second-order valence-corrected chi connectivity index (χ2v) is 10.2. The number of carboxylic acids is 1. The Hall–Kier alpha value is -4.16. The van der Waals surface area contributed by atoms with Crippen molar-refractivity contribution in [3.05, 3.63) is 81.4 Å². The molecule has 14 heteroatoms. The van der Waals surface area contributed by atoms with Gasteiger partial charge in [0.1, 0.15) is 44.9 Å². The van der Waals surface area contributed by atoms with E-state index in [1.54, 1.807) is 24.7 Å². The summed E-state index contributed by atoms with van der Waals surface area (Å²) >= 11 is 12.2. The number of nitrogens with one attached hydrogen (secondary N) is 2. The first kappa shape index (κ1) is 28.4. The van der Waals surface area contributed by atoms with Gasteiger partial charge in [-0.3, -0.25) is 0 Å². The molecule has 2 aliphatic rings. The lowest BCUT2D eigenvalue weighted by Crippen LogP contribution is -2.12. The molecule has 214 valence electrons. The van der Waals surface area contributed by atoms with E-state index in [2.05, 4.69) is 30.6 Å². The summed E-state index contributed by atoms with van der Waals surface area (Å²) in [5.41, 5.74) is -0.0662. The summed E-state index contributed by atoms with van der Waals surface area (Å²) in [6.45, 7) is 0.807. The number of methoxy groups -OCH3 is 1. The van der Waals surface area contributed by atoms with Crippen molar-refractivity contribution in [2.45, 2.75) is 50.6 Å². The van der Waals surface area contributed by atoms with Gasteiger partial charge < -0.3 is 29.3 Å². The molecule has 4 aromatic heterocycles. The zero-order valence-corrected chi connectivity index (χ0v) is 23.4. The lowest BCUT2D eigenvalue weighted by atomic mass is 10.3. The number of halogens is 2. The molecule has 0 atom stereocenters. The lowest BCUT2D eigenvalue weighted by Gasteiger charge is -2.11. The maximum Gasteiger partial charge on any atom is 0.358 e. The first-order valence-electron chi connectivity index (χ1n) is 12.8. The summed E-state index contributed by atoms with van der Waals surface area (Å²) in [6, 6.07) is 7.22. The fourth-order valence-corrected chi connectivity index (χ4v) is 4.21. The molecule has 41 heavy (non-hydrogen) atoms. The Morgan fingerprint density at radius 3 is 1.71 bits per heavy atom. The molecule has 0 aromatic carbocycles. The summed E-state index contributed by atoms with van der Waals surface area (Å²) in [6.07, 6.45) is 7.18. The SMILES string of the molecule is COC(=O)c1nc(C2CC2)nc(NCc2ccco2)c1Cl.O=C(O)c1nc(C2CC2)nc(NCc2ccco2)c1Cl. The fourth-order valence-electron chi connectivity index (χ4n) is 3.75. The van der Waals surface area contributed by atoms with Crippen LogP contribution in [0.1, 0.15) is 81.7 Å². The van der Waals surface area contributed by atoms with E-state index in [1.807, 2.05) is 12.1 Å². The maximum absolute atomic E-state index is 11.8. The van der Waals surface area contributed by atoms with Crippen molar-refractivity contribution >= 4 is 46.8 Å². The van der Waals surface area contributed by atoms with E-state index in [9.17, 15) is 9.59 Å². The van der Waals surface area contributed by atoms with E-state index in [0.29, 0.717) is 48.1 Å². The highest BCUT2D eigenvalue weighted by Gasteiger charge is 2.31. The average molecular weight is 601 g/mol. The molecule has 0 radical (unpaired) electrons. The number of ether oxygens (including phenoxy) is 1. The van der Waals surface area contributed by atoms with E-state index in [0.717, 1.165) is 31.4 Å². The van der Waals surface area contributed by atoms with Crippen LogP contribution in [0.15, 0.2) is 45.6 Å². The fraction of sp³-hybridized carbons (Fsp3) is 0.333. The molecule has 0 saturated heterocycles. The molecule has 6 rings (SSSR count). The van der Waals surface area contributed by atoms with Gasteiger partial charge in [0.15, 0.2) is 11.4 Å². The van der Waals surface area contributed by atoms with Crippen molar-refractivity contribution in [2.75, 3.05) is 17.7 Å². The number of furan rings is 2. The number of nitrogens with zero attached hydrogens (tertiary/aromatic N) is 4. The van der Waals surface area contributed by atoms with Crippen molar-refractivity contribution < 1.29 is 28.3 Å². The Balaban J connectivity index is 0.000000165. The van der Waals surface area contributed by atoms with Gasteiger partial charge in [0.05, 0.1) is 32.7 Å². The van der Waals surface area contributed by atoms with Gasteiger partial charge in [0.2, 0.25) is 0 Å². The van der Waals surface area contributed by atoms with Crippen LogP contribution in [0.3, 0.4) is 0 Å². The van der Waals surface area contributed by atoms with Crippen molar-refractivity contribution in [1.29, 1.82) is 0 Å². The van der Waals surface area contributed by atoms with E-state index >= 15 is 0 Å². The largest absolute Gasteiger partial charge is 0.476 e. The van der Waals surface area contributed by atoms with Crippen molar-refractivity contribution in [1.82, 2.24) is 19.9 Å². The molecule has 4 heterocycles. The monoisotopic (exact) mass is 600 g/mol. The molecule has 0 aliphatic heterocycles. The smallest absolute Gasteiger partial charge is 0.358 e. The maximum atomic E-state index is 11.8. The first-order chi connectivity index (χ1) is 19.8. The summed E-state index contributed by atoms with van der Waals surface area (Å²) in [7, 11) is 1.30. The minimum absolute atomic E-state index is 0.0217. The highest BCUT2D eigenvalue weighted by molar-refractivity contribution is 6.36. The van der Waals surface area contributed by atoms with Crippen LogP contribution in [0.4, 0.5) is 11.6 Å². The Kier molecular flexibility index (Phi) is 8.70. The number of rotatable bonds is 10. The number of esters is 1. The lowest BCUT2D eigenvalue weighted by molar-refractivity contribution is 0.0592. The molecule has 2 aliphatic carbocycles. The molecule has 0 unspecified atom stereocenters. The predicted octanol–water partition coefficient (Wildman–Crippen LogP) is 5.91. The molecule has 4 aromatic rings. The van der Waals surface area contributed by atoms with Crippen LogP contribution in [0, 0.1) is 0 Å². The van der Waals surface area contributed by atoms with Gasteiger partial charge in [-0.05, 0) is 49.9 Å². The number of carboxylic acid groups (broad SMARTS) is 1. The van der Waals surface area contributed by atoms with E-state index < -0.39 is 11.9 Å². The Morgan fingerprint density at radius 2 is 1.32 bits per heavy atom. The van der Waals surface area contributed by atoms with Gasteiger partial charge in [0, 0.05) is 11.8 Å². The van der Waals surface area contributed by atoms with Gasteiger partial charge in [-0.2, -0.15) is 0 Å². The molecule has 3 N–H and O–H groups in total. The van der Waals surface area contributed by atoms with Gasteiger partial charge in [-0.1, -0.05) is 23.2 Å². The Bertz CT molecular complexity index is 1520. The summed E-state index contributed by atoms with van der Waals surface area (Å²) in [5.74, 6) is 2.20. The standard InChI is InChI=1S/C14H14ClN3O3.C13H12ClN3O3/c1-20-14(19)11-10(15)13(16-7-9-3-2-6-21-9)18-12(17-11)8-4-5-8;14-9-10(13(18)19)16-11(7-3-4-7)17-12(9)15-6-8-2-1-5-20-8/h2-3,6,8H,4-5,7H2,1H3,(H,16,17,18);1-2,5,7H,3-4,6H2,(H,18,19)(H,15,16,17). The van der Waals surface area contributed by atoms with Crippen LogP contribution in [0.2, 0.25) is 10.0 Å². The number of carbonyl (C=O) groups is 2. The second-order valence-electron chi connectivity index (χ2n) is 9.40. The zero-order valence-electron chi connectivity index (χ0n) is 21.9. The molecule has 2 saturated carbocycles. The highest BCUT2D eigenvalue weighted by atomic mass is 35.5. The van der Waals surface area contributed by atoms with Crippen LogP contribution in [0.5, 0.6) is 0 Å². The van der Waals surface area contributed by atoms with Gasteiger partial charge >= 0.3 is 11.9 Å². The van der Waals surface area contributed by atoms with Gasteiger partial charge in [0.25, 0.3) is 0 Å². The van der Waals surface area contributed by atoms with E-state index in [1.165, 1.54) is 7.11 Å². The van der Waals surface area contributed by atoms with E-state index in [4.69, 9.17) is 41.9 Å². The van der Waals surface area contributed by atoms with Crippen LogP contribution in [0.25, 0.3) is 0 Å². The number of aromatic carboxylic acids is 1. The third-order valence-electron chi connectivity index (χ3n) is 6.22. The summed E-state index contributed by atoms with van der Waals surface area (Å²) in [4.78, 5) is 39.9. The molecule has 0 bridgehead atoms. The van der Waals surface area contributed by atoms with Crippen molar-refractivity contribution in [3.63, 3.8) is 0 Å². The number of hydrogen-bond acceptors (Lipinski definition) is 11. The number of anilines is 2. The van der Waals surface area contributed by atoms with Crippen LogP contribution in [-0.4, -0.2) is 44.1 Å². The number of carbonyl (C=O) groups excluding carboxylic acids is 1. The normalized spacial score (nSPS) is 14.1. The molecule has 12 nitrogen and oxygen atoms in total. The minimum atomic E-state index is -1.15. The second kappa shape index (κ2) is 12.6. The third-order valence-corrected chi connectivity index (χ3v) is 6.94. The topological polar surface area (TPSA) is 166 Å². The predicted molar refractivity (Wildman–Crippen MR) is 148 cm³/mol. The quantitative estimate of drug-likeness (QED) is 0.184. The van der Waals surface area contributed by atoms with Crippen molar-refractivity contribution in [3.8, 4) is 0 Å².